The minimum atomic E-state index is -0.395. The number of rotatable bonds is 7. The number of aromatic nitrogens is 2. The highest BCUT2D eigenvalue weighted by Gasteiger charge is 2.21. The lowest BCUT2D eigenvalue weighted by molar-refractivity contribution is 0.0762. The third-order valence-corrected chi connectivity index (χ3v) is 4.49. The topological polar surface area (TPSA) is 47.4 Å². The minimum absolute atomic E-state index is 0.184. The minimum Gasteiger partial charge on any atom is -0.497 e. The molecule has 0 saturated heterocycles. The first-order valence-corrected chi connectivity index (χ1v) is 8.87. The number of hydrogen-bond donors (Lipinski definition) is 0. The lowest BCUT2D eigenvalue weighted by atomic mass is 10.1. The van der Waals surface area contributed by atoms with Crippen LogP contribution in [-0.4, -0.2) is 34.2 Å². The molecule has 2 aromatic carbocycles. The summed E-state index contributed by atoms with van der Waals surface area (Å²) in [7, 11) is 1.61. The van der Waals surface area contributed by atoms with Crippen molar-refractivity contribution in [2.24, 2.45) is 0 Å². The van der Waals surface area contributed by atoms with Gasteiger partial charge in [-0.1, -0.05) is 30.3 Å². The third-order valence-electron chi connectivity index (χ3n) is 4.49. The van der Waals surface area contributed by atoms with Gasteiger partial charge in [0.25, 0.3) is 5.91 Å². The Morgan fingerprint density at radius 3 is 2.61 bits per heavy atom. The van der Waals surface area contributed by atoms with E-state index in [4.69, 9.17) is 4.74 Å². The van der Waals surface area contributed by atoms with Gasteiger partial charge in [0.05, 0.1) is 24.6 Å². The molecule has 0 radical (unpaired) electrons. The van der Waals surface area contributed by atoms with Crippen LogP contribution in [0.25, 0.3) is 5.69 Å². The van der Waals surface area contributed by atoms with Gasteiger partial charge in [-0.3, -0.25) is 4.79 Å². The van der Waals surface area contributed by atoms with Crippen LogP contribution in [0.1, 0.15) is 21.6 Å². The zero-order valence-corrected chi connectivity index (χ0v) is 15.9. The predicted molar refractivity (Wildman–Crippen MR) is 106 cm³/mol. The average Bonchev–Trinajstić information content (AvgIpc) is 3.09. The molecule has 6 heteroatoms. The monoisotopic (exact) mass is 379 g/mol. The van der Waals surface area contributed by atoms with Crippen LogP contribution >= 0.6 is 0 Å². The molecule has 1 aromatic heterocycles. The van der Waals surface area contributed by atoms with Crippen LogP contribution in [0.3, 0.4) is 0 Å². The normalized spacial score (nSPS) is 10.5. The number of halogens is 1. The molecule has 0 aliphatic rings. The standard InChI is InChI=1S/C22H22FN3O2/c1-4-13-25(15-17-9-11-18(28-3)12-10-17)22(27)19-14-24-26(16(19)2)21-8-6-5-7-20(21)23/h4-12,14H,1,13,15H2,2-3H3. The van der Waals surface area contributed by atoms with Gasteiger partial charge in [-0.2, -0.15) is 5.10 Å². The number of benzene rings is 2. The zero-order chi connectivity index (χ0) is 20.1. The summed E-state index contributed by atoms with van der Waals surface area (Å²) >= 11 is 0. The second-order valence-corrected chi connectivity index (χ2v) is 6.33. The summed E-state index contributed by atoms with van der Waals surface area (Å²) in [5, 5.41) is 4.23. The molecule has 0 aliphatic carbocycles. The SMILES string of the molecule is C=CCN(Cc1ccc(OC)cc1)C(=O)c1cnn(-c2ccccc2F)c1C. The van der Waals surface area contributed by atoms with Gasteiger partial charge in [0.2, 0.25) is 0 Å². The number of ether oxygens (including phenoxy) is 1. The fourth-order valence-electron chi connectivity index (χ4n) is 2.98. The summed E-state index contributed by atoms with van der Waals surface area (Å²) in [4.78, 5) is 14.8. The first-order chi connectivity index (χ1) is 13.5. The highest BCUT2D eigenvalue weighted by molar-refractivity contribution is 5.95. The highest BCUT2D eigenvalue weighted by Crippen LogP contribution is 2.20. The molecule has 0 unspecified atom stereocenters. The summed E-state index contributed by atoms with van der Waals surface area (Å²) in [6.45, 7) is 6.30. The number of amides is 1. The maximum atomic E-state index is 14.1. The molecule has 3 aromatic rings. The van der Waals surface area contributed by atoms with Crippen LogP contribution in [0.5, 0.6) is 5.75 Å². The van der Waals surface area contributed by atoms with Crippen molar-refractivity contribution < 1.29 is 13.9 Å². The second-order valence-electron chi connectivity index (χ2n) is 6.33. The van der Waals surface area contributed by atoms with Gasteiger partial charge in [0.15, 0.2) is 0 Å². The maximum Gasteiger partial charge on any atom is 0.257 e. The Morgan fingerprint density at radius 2 is 1.96 bits per heavy atom. The second kappa shape index (κ2) is 8.52. The van der Waals surface area contributed by atoms with Crippen molar-refractivity contribution in [3.05, 3.63) is 90.0 Å². The third kappa shape index (κ3) is 3.96. The van der Waals surface area contributed by atoms with Crippen molar-refractivity contribution >= 4 is 5.91 Å². The van der Waals surface area contributed by atoms with Crippen LogP contribution in [0.15, 0.2) is 67.4 Å². The maximum absolute atomic E-state index is 14.1. The smallest absolute Gasteiger partial charge is 0.257 e. The van der Waals surface area contributed by atoms with E-state index in [2.05, 4.69) is 11.7 Å². The molecular weight excluding hydrogens is 357 g/mol. The fraction of sp³-hybridized carbons (Fsp3) is 0.182. The van der Waals surface area contributed by atoms with Gasteiger partial charge < -0.3 is 9.64 Å². The van der Waals surface area contributed by atoms with Crippen LogP contribution in [0.4, 0.5) is 4.39 Å². The zero-order valence-electron chi connectivity index (χ0n) is 15.9. The van der Waals surface area contributed by atoms with E-state index >= 15 is 0 Å². The molecule has 0 saturated carbocycles. The van der Waals surface area contributed by atoms with Gasteiger partial charge in [0.1, 0.15) is 17.3 Å². The molecule has 0 atom stereocenters. The molecule has 0 fully saturated rings. The molecule has 28 heavy (non-hydrogen) atoms. The lowest BCUT2D eigenvalue weighted by Crippen LogP contribution is -2.31. The van der Waals surface area contributed by atoms with Crippen molar-refractivity contribution in [3.8, 4) is 11.4 Å². The number of hydrogen-bond acceptors (Lipinski definition) is 3. The Hall–Kier alpha value is -3.41. The van der Waals surface area contributed by atoms with Crippen LogP contribution in [-0.2, 0) is 6.54 Å². The first kappa shape index (κ1) is 19.4. The van der Waals surface area contributed by atoms with E-state index < -0.39 is 5.82 Å². The van der Waals surface area contributed by atoms with Gasteiger partial charge in [-0.05, 0) is 36.8 Å². The van der Waals surface area contributed by atoms with Gasteiger partial charge in [-0.15, -0.1) is 6.58 Å². The molecule has 5 nitrogen and oxygen atoms in total. The Labute approximate surface area is 163 Å². The fourth-order valence-corrected chi connectivity index (χ4v) is 2.98. The Kier molecular flexibility index (Phi) is 5.89. The van der Waals surface area contributed by atoms with E-state index in [0.717, 1.165) is 11.3 Å². The van der Waals surface area contributed by atoms with Crippen LogP contribution in [0, 0.1) is 12.7 Å². The van der Waals surface area contributed by atoms with Gasteiger partial charge in [0, 0.05) is 13.1 Å². The Morgan fingerprint density at radius 1 is 1.25 bits per heavy atom. The van der Waals surface area contributed by atoms with Crippen molar-refractivity contribution in [1.29, 1.82) is 0 Å². The Balaban J connectivity index is 1.87. The molecule has 3 rings (SSSR count). The van der Waals surface area contributed by atoms with Gasteiger partial charge >= 0.3 is 0 Å². The number of para-hydroxylation sites is 1. The summed E-state index contributed by atoms with van der Waals surface area (Å²) in [5.74, 6) is 0.178. The van der Waals surface area contributed by atoms with Gasteiger partial charge in [-0.25, -0.2) is 9.07 Å². The van der Waals surface area contributed by atoms with E-state index in [0.29, 0.717) is 30.0 Å². The van der Waals surface area contributed by atoms with Crippen LogP contribution < -0.4 is 4.74 Å². The molecule has 1 heterocycles. The quantitative estimate of drug-likeness (QED) is 0.579. The molecule has 0 N–H and O–H groups in total. The molecule has 0 aliphatic heterocycles. The summed E-state index contributed by atoms with van der Waals surface area (Å²) < 4.78 is 20.7. The van der Waals surface area contributed by atoms with Crippen molar-refractivity contribution in [2.75, 3.05) is 13.7 Å². The molecule has 0 spiro atoms. The Bertz CT molecular complexity index is 980. The number of methoxy groups -OCH3 is 1. The highest BCUT2D eigenvalue weighted by atomic mass is 19.1. The number of carbonyl (C=O) groups excluding carboxylic acids is 1. The number of nitrogens with zero attached hydrogens (tertiary/aromatic N) is 3. The first-order valence-electron chi connectivity index (χ1n) is 8.87. The average molecular weight is 379 g/mol. The van der Waals surface area contributed by atoms with Crippen molar-refractivity contribution in [1.82, 2.24) is 14.7 Å². The largest absolute Gasteiger partial charge is 0.497 e. The predicted octanol–water partition coefficient (Wildman–Crippen LogP) is 4.16. The molecule has 144 valence electrons. The van der Waals surface area contributed by atoms with E-state index in [1.807, 2.05) is 24.3 Å². The summed E-state index contributed by atoms with van der Waals surface area (Å²) in [6, 6.07) is 13.9. The summed E-state index contributed by atoms with van der Waals surface area (Å²) in [5.41, 5.74) is 2.29. The molecule has 0 bridgehead atoms. The van der Waals surface area contributed by atoms with E-state index in [1.165, 1.54) is 16.9 Å². The van der Waals surface area contributed by atoms with Crippen LogP contribution in [0.2, 0.25) is 0 Å². The summed E-state index contributed by atoms with van der Waals surface area (Å²) in [6.07, 6.45) is 3.16. The molecule has 1 amide bonds. The lowest BCUT2D eigenvalue weighted by Gasteiger charge is -2.21. The van der Waals surface area contributed by atoms with E-state index in [-0.39, 0.29) is 5.91 Å². The van der Waals surface area contributed by atoms with E-state index in [1.54, 1.807) is 43.2 Å². The van der Waals surface area contributed by atoms with Crippen molar-refractivity contribution in [2.45, 2.75) is 13.5 Å². The molecular formula is C22H22FN3O2. The number of carbonyl (C=O) groups is 1. The van der Waals surface area contributed by atoms with Crippen molar-refractivity contribution in [3.63, 3.8) is 0 Å². The van der Waals surface area contributed by atoms with E-state index in [9.17, 15) is 9.18 Å².